The van der Waals surface area contributed by atoms with Gasteiger partial charge in [-0.15, -0.1) is 10.2 Å². The molecule has 1 aromatic carbocycles. The van der Waals surface area contributed by atoms with E-state index in [0.717, 1.165) is 17.7 Å². The second-order valence-corrected chi connectivity index (χ2v) is 10.1. The summed E-state index contributed by atoms with van der Waals surface area (Å²) in [7, 11) is -8.10. The maximum atomic E-state index is 13.0. The minimum Gasteiger partial charge on any atom is -0.312 e. The van der Waals surface area contributed by atoms with Crippen LogP contribution in [0.2, 0.25) is 0 Å². The van der Waals surface area contributed by atoms with Crippen molar-refractivity contribution in [2.75, 3.05) is 5.32 Å². The van der Waals surface area contributed by atoms with Gasteiger partial charge in [-0.25, -0.2) is 4.98 Å². The average Bonchev–Trinajstić information content (AvgIpc) is 3.05. The number of aryl methyl sites for hydroxylation is 1. The number of pyridine rings is 1. The van der Waals surface area contributed by atoms with E-state index >= 15 is 0 Å². The number of anilines is 1. The van der Waals surface area contributed by atoms with Crippen LogP contribution in [0.1, 0.15) is 28.1 Å². The van der Waals surface area contributed by atoms with E-state index in [9.17, 15) is 24.2 Å². The average molecular weight is 465 g/mol. The van der Waals surface area contributed by atoms with Crippen molar-refractivity contribution in [3.05, 3.63) is 60.0 Å². The molecule has 13 heteroatoms. The van der Waals surface area contributed by atoms with Crippen LogP contribution in [0.4, 0.5) is 25.2 Å². The van der Waals surface area contributed by atoms with Crippen molar-refractivity contribution in [2.24, 2.45) is 7.05 Å². The number of hydrogen-bond acceptors (Lipinski definition) is 5. The summed E-state index contributed by atoms with van der Waals surface area (Å²) in [6.45, 7) is 1.89. The first-order valence-electron chi connectivity index (χ1n) is 8.35. The van der Waals surface area contributed by atoms with Gasteiger partial charge in [0.2, 0.25) is 0 Å². The van der Waals surface area contributed by atoms with E-state index in [0.29, 0.717) is 5.16 Å². The molecule has 0 fully saturated rings. The molecule has 3 rings (SSSR count). The Labute approximate surface area is 172 Å². The molecule has 30 heavy (non-hydrogen) atoms. The van der Waals surface area contributed by atoms with Gasteiger partial charge in [-0.3, -0.25) is 4.79 Å². The third-order valence-corrected chi connectivity index (χ3v) is 6.34. The van der Waals surface area contributed by atoms with Crippen LogP contribution in [0.25, 0.3) is 0 Å². The number of carbonyl (C=O) groups excluding carboxylic acids is 1. The van der Waals surface area contributed by atoms with E-state index in [1.807, 2.05) is 6.92 Å². The first kappa shape index (κ1) is 22.0. The Kier molecular flexibility index (Phi) is 5.10. The normalized spacial score (nSPS) is 15.2. The zero-order valence-corrected chi connectivity index (χ0v) is 17.2. The van der Waals surface area contributed by atoms with Crippen molar-refractivity contribution in [2.45, 2.75) is 22.2 Å². The number of amides is 1. The molecular formula is C17H16F5N5OS2. The Bertz CT molecular complexity index is 1100. The van der Waals surface area contributed by atoms with Gasteiger partial charge in [-0.2, -0.15) is 0 Å². The number of carbonyl (C=O) groups is 1. The quantitative estimate of drug-likeness (QED) is 0.359. The molecule has 0 radical (unpaired) electrons. The van der Waals surface area contributed by atoms with Gasteiger partial charge >= 0.3 is 10.2 Å². The van der Waals surface area contributed by atoms with Crippen LogP contribution in [-0.2, 0) is 7.05 Å². The maximum absolute atomic E-state index is 13.0. The number of rotatable bonds is 6. The van der Waals surface area contributed by atoms with Crippen LogP contribution >= 0.6 is 22.0 Å². The van der Waals surface area contributed by atoms with Crippen LogP contribution in [0.15, 0.2) is 59.0 Å². The largest absolute Gasteiger partial charge is 0.312 e. The molecule has 0 aliphatic rings. The Morgan fingerprint density at radius 1 is 1.17 bits per heavy atom. The summed E-state index contributed by atoms with van der Waals surface area (Å²) < 4.78 is 66.7. The smallest absolute Gasteiger partial charge is 0.310 e. The molecule has 1 amide bonds. The lowest BCUT2D eigenvalue weighted by Gasteiger charge is -2.40. The van der Waals surface area contributed by atoms with Crippen LogP contribution in [0.5, 0.6) is 0 Å². The van der Waals surface area contributed by atoms with E-state index in [4.69, 9.17) is 0 Å². The number of nitrogens with zero attached hydrogens (tertiary/aromatic N) is 4. The Balaban J connectivity index is 1.78. The van der Waals surface area contributed by atoms with Crippen LogP contribution in [-0.4, -0.2) is 25.7 Å². The van der Waals surface area contributed by atoms with Crippen LogP contribution < -0.4 is 5.32 Å². The van der Waals surface area contributed by atoms with E-state index in [1.165, 1.54) is 18.0 Å². The molecule has 0 bridgehead atoms. The topological polar surface area (TPSA) is 72.7 Å². The molecular weight excluding hydrogens is 449 g/mol. The third kappa shape index (κ3) is 5.27. The third-order valence-electron chi connectivity index (χ3n) is 3.99. The van der Waals surface area contributed by atoms with Gasteiger partial charge in [0, 0.05) is 24.1 Å². The van der Waals surface area contributed by atoms with Crippen LogP contribution in [0, 0.1) is 0 Å². The summed E-state index contributed by atoms with van der Waals surface area (Å²) in [5.74, 6) is -0.919. The van der Waals surface area contributed by atoms with E-state index in [2.05, 4.69) is 20.5 Å². The zero-order chi connectivity index (χ0) is 22.2. The monoisotopic (exact) mass is 465 g/mol. The molecule has 0 spiro atoms. The summed E-state index contributed by atoms with van der Waals surface area (Å²) in [4.78, 5) is 14.1. The maximum Gasteiger partial charge on any atom is 0.310 e. The highest BCUT2D eigenvalue weighted by Gasteiger charge is 2.65. The fourth-order valence-corrected chi connectivity index (χ4v) is 4.03. The van der Waals surface area contributed by atoms with Crippen molar-refractivity contribution >= 4 is 33.7 Å². The molecule has 6 nitrogen and oxygen atoms in total. The summed E-state index contributed by atoms with van der Waals surface area (Å²) in [6.07, 6.45) is 2.97. The van der Waals surface area contributed by atoms with Gasteiger partial charge in [0.15, 0.2) is 5.16 Å². The fourth-order valence-electron chi connectivity index (χ4n) is 2.44. The van der Waals surface area contributed by atoms with Gasteiger partial charge in [0.1, 0.15) is 17.0 Å². The SMILES string of the molecule is C[C@H](Sc1nncn1C)c1ccnc(NC(=O)c2cccc(S(F)(F)(F)(F)F)c2)c1. The lowest BCUT2D eigenvalue weighted by Crippen LogP contribution is -2.14. The number of hydrogen-bond donors (Lipinski definition) is 1. The lowest BCUT2D eigenvalue weighted by molar-refractivity contribution is 0.102. The van der Waals surface area contributed by atoms with E-state index in [1.54, 1.807) is 30.1 Å². The molecule has 1 N–H and O–H groups in total. The minimum absolute atomic E-state index is 0.0701. The minimum atomic E-state index is -9.89. The fraction of sp³-hybridized carbons (Fsp3) is 0.176. The van der Waals surface area contributed by atoms with Crippen molar-refractivity contribution in [1.29, 1.82) is 0 Å². The Hall–Kier alpha value is -2.67. The first-order valence-corrected chi connectivity index (χ1v) is 11.2. The molecule has 2 heterocycles. The molecule has 2 aromatic heterocycles. The molecule has 0 aliphatic carbocycles. The Morgan fingerprint density at radius 3 is 2.53 bits per heavy atom. The standard InChI is InChI=1S/C17H16F5N5OS2/c1-11(29-17-26-24-10-27(17)2)12-6-7-23-15(9-12)25-16(28)13-4-3-5-14(8-13)30(18,19,20,21)22/h3-11H,1-2H3,(H,23,25,28)/t11-/m0/s1. The summed E-state index contributed by atoms with van der Waals surface area (Å²) in [6, 6.07) is 5.39. The molecule has 0 aliphatic heterocycles. The van der Waals surface area contributed by atoms with Crippen molar-refractivity contribution in [3.8, 4) is 0 Å². The highest BCUT2D eigenvalue weighted by Crippen LogP contribution is 3.02. The van der Waals surface area contributed by atoms with E-state index < -0.39 is 26.6 Å². The number of aromatic nitrogens is 4. The van der Waals surface area contributed by atoms with Crippen molar-refractivity contribution in [1.82, 2.24) is 19.7 Å². The zero-order valence-electron chi connectivity index (χ0n) is 15.6. The molecule has 0 unspecified atom stereocenters. The number of nitrogens with one attached hydrogen (secondary N) is 1. The second kappa shape index (κ2) is 6.94. The molecule has 3 aromatic rings. The molecule has 162 valence electrons. The second-order valence-electron chi connectivity index (χ2n) is 6.41. The van der Waals surface area contributed by atoms with Gasteiger partial charge in [-0.1, -0.05) is 37.3 Å². The van der Waals surface area contributed by atoms with Gasteiger partial charge in [0.05, 0.1) is 0 Å². The predicted molar refractivity (Wildman–Crippen MR) is 105 cm³/mol. The summed E-state index contributed by atoms with van der Waals surface area (Å²) in [5, 5.41) is 10.6. The number of halogens is 5. The van der Waals surface area contributed by atoms with Crippen molar-refractivity contribution in [3.63, 3.8) is 0 Å². The molecule has 1 atom stereocenters. The number of benzene rings is 1. The Morgan fingerprint density at radius 2 is 1.90 bits per heavy atom. The number of thioether (sulfide) groups is 1. The summed E-state index contributed by atoms with van der Waals surface area (Å²) >= 11 is 1.40. The predicted octanol–water partition coefficient (Wildman–Crippen LogP) is 5.97. The molecule has 0 saturated carbocycles. The van der Waals surface area contributed by atoms with Crippen molar-refractivity contribution < 1.29 is 24.2 Å². The van der Waals surface area contributed by atoms with Gasteiger partial charge < -0.3 is 9.88 Å². The summed E-state index contributed by atoms with van der Waals surface area (Å²) in [5.41, 5.74) is 0.198. The van der Waals surface area contributed by atoms with E-state index in [-0.39, 0.29) is 23.2 Å². The van der Waals surface area contributed by atoms with Crippen LogP contribution in [0.3, 0.4) is 0 Å². The molecule has 0 saturated heterocycles. The van der Waals surface area contributed by atoms with Gasteiger partial charge in [-0.05, 0) is 42.8 Å². The highest BCUT2D eigenvalue weighted by atomic mass is 32.5. The lowest BCUT2D eigenvalue weighted by atomic mass is 10.2. The van der Waals surface area contributed by atoms with Gasteiger partial charge in [0.25, 0.3) is 5.91 Å². The first-order chi connectivity index (χ1) is 13.7. The highest BCUT2D eigenvalue weighted by molar-refractivity contribution is 8.45.